The van der Waals surface area contributed by atoms with Crippen molar-refractivity contribution < 1.29 is 13.7 Å². The second-order valence-corrected chi connectivity index (χ2v) is 7.56. The number of nitrogens with one attached hydrogen (secondary N) is 1. The molecule has 8 heteroatoms. The number of imidazole rings is 1. The van der Waals surface area contributed by atoms with Gasteiger partial charge in [0.05, 0.1) is 0 Å². The molecule has 0 unspecified atom stereocenters. The Bertz CT molecular complexity index is 1190. The van der Waals surface area contributed by atoms with Crippen LogP contribution in [0.15, 0.2) is 59.3 Å². The van der Waals surface area contributed by atoms with E-state index >= 15 is 0 Å². The summed E-state index contributed by atoms with van der Waals surface area (Å²) in [6.45, 7) is 6.15. The lowest BCUT2D eigenvalue weighted by Gasteiger charge is -2.09. The maximum Gasteiger partial charge on any atom is 0.258 e. The first-order chi connectivity index (χ1) is 14.9. The molecule has 0 fully saturated rings. The molecule has 1 N–H and O–H groups in total. The zero-order valence-electron chi connectivity index (χ0n) is 17.5. The minimum absolute atomic E-state index is 0.105. The zero-order valence-corrected chi connectivity index (χ0v) is 17.5. The number of carbonyl (C=O) groups excluding carboxylic acids is 1. The number of halogens is 1. The van der Waals surface area contributed by atoms with E-state index in [4.69, 9.17) is 4.52 Å². The van der Waals surface area contributed by atoms with Crippen molar-refractivity contribution in [3.63, 3.8) is 0 Å². The molecule has 0 saturated carbocycles. The summed E-state index contributed by atoms with van der Waals surface area (Å²) in [7, 11) is 0. The fourth-order valence-electron chi connectivity index (χ4n) is 3.12. The predicted molar refractivity (Wildman–Crippen MR) is 115 cm³/mol. The molecule has 4 aromatic rings. The fraction of sp³-hybridized carbons (Fsp3) is 0.217. The Labute approximate surface area is 178 Å². The van der Waals surface area contributed by atoms with Crippen LogP contribution in [-0.2, 0) is 11.3 Å². The van der Waals surface area contributed by atoms with Crippen LogP contribution in [0.4, 0.5) is 10.1 Å². The van der Waals surface area contributed by atoms with Gasteiger partial charge in [-0.2, -0.15) is 4.98 Å². The van der Waals surface area contributed by atoms with Crippen molar-refractivity contribution in [2.75, 3.05) is 5.32 Å². The Hall–Kier alpha value is -3.81. The molecule has 158 valence electrons. The second kappa shape index (κ2) is 8.51. The van der Waals surface area contributed by atoms with Gasteiger partial charge in [0, 0.05) is 17.4 Å². The predicted octanol–water partition coefficient (Wildman–Crippen LogP) is 4.81. The number of rotatable bonds is 6. The van der Waals surface area contributed by atoms with Crippen LogP contribution in [0.5, 0.6) is 0 Å². The van der Waals surface area contributed by atoms with E-state index in [9.17, 15) is 9.18 Å². The molecule has 2 heterocycles. The van der Waals surface area contributed by atoms with E-state index in [1.165, 1.54) is 17.7 Å². The molecule has 1 amide bonds. The molecule has 0 aliphatic carbocycles. The summed E-state index contributed by atoms with van der Waals surface area (Å²) in [6, 6.07) is 13.6. The number of carbonyl (C=O) groups is 1. The molecule has 0 radical (unpaired) electrons. The van der Waals surface area contributed by atoms with Crippen LogP contribution in [0, 0.1) is 12.7 Å². The second-order valence-electron chi connectivity index (χ2n) is 7.56. The van der Waals surface area contributed by atoms with Gasteiger partial charge >= 0.3 is 0 Å². The van der Waals surface area contributed by atoms with E-state index in [0.29, 0.717) is 28.8 Å². The summed E-state index contributed by atoms with van der Waals surface area (Å²) in [5, 5.41) is 6.85. The average Bonchev–Trinajstić information content (AvgIpc) is 3.36. The number of hydrogen-bond donors (Lipinski definition) is 1. The molecule has 0 atom stereocenters. The molecule has 0 bridgehead atoms. The summed E-state index contributed by atoms with van der Waals surface area (Å²) >= 11 is 0. The van der Waals surface area contributed by atoms with Crippen LogP contribution < -0.4 is 5.32 Å². The lowest BCUT2D eigenvalue weighted by molar-refractivity contribution is -0.116. The van der Waals surface area contributed by atoms with Gasteiger partial charge in [0.15, 0.2) is 0 Å². The Morgan fingerprint density at radius 2 is 1.81 bits per heavy atom. The lowest BCUT2D eigenvalue weighted by atomic mass is 10.0. The Balaban J connectivity index is 1.45. The van der Waals surface area contributed by atoms with Gasteiger partial charge in [0.1, 0.15) is 23.9 Å². The normalized spacial score (nSPS) is 11.1. The van der Waals surface area contributed by atoms with E-state index in [0.717, 1.165) is 5.69 Å². The number of benzene rings is 2. The molecular formula is C23H22FN5O2. The first kappa shape index (κ1) is 20.5. The summed E-state index contributed by atoms with van der Waals surface area (Å²) in [5.74, 6) is 1.14. The molecule has 4 rings (SSSR count). The summed E-state index contributed by atoms with van der Waals surface area (Å²) < 4.78 is 20.1. The highest BCUT2D eigenvalue weighted by Crippen LogP contribution is 2.22. The molecule has 31 heavy (non-hydrogen) atoms. The third-order valence-corrected chi connectivity index (χ3v) is 4.90. The van der Waals surface area contributed by atoms with Crippen molar-refractivity contribution in [2.45, 2.75) is 33.2 Å². The first-order valence-electron chi connectivity index (χ1n) is 9.92. The van der Waals surface area contributed by atoms with Gasteiger partial charge in [-0.15, -0.1) is 0 Å². The smallest absolute Gasteiger partial charge is 0.258 e. The molecule has 0 saturated heterocycles. The van der Waals surface area contributed by atoms with Crippen LogP contribution in [0.25, 0.3) is 23.0 Å². The van der Waals surface area contributed by atoms with Gasteiger partial charge in [-0.3, -0.25) is 4.79 Å². The SMILES string of the molecule is Cc1nc(-c2noc(-c3ccc(F)cc3)n2)cn1CC(=O)Nc1ccc(C(C)C)cc1. The highest BCUT2D eigenvalue weighted by atomic mass is 19.1. The number of nitrogens with zero attached hydrogens (tertiary/aromatic N) is 4. The van der Waals surface area contributed by atoms with Gasteiger partial charge in [-0.05, 0) is 54.8 Å². The van der Waals surface area contributed by atoms with E-state index in [-0.39, 0.29) is 24.2 Å². The molecule has 2 aromatic heterocycles. The molecule has 2 aromatic carbocycles. The van der Waals surface area contributed by atoms with Crippen molar-refractivity contribution in [1.82, 2.24) is 19.7 Å². The lowest BCUT2D eigenvalue weighted by Crippen LogP contribution is -2.19. The van der Waals surface area contributed by atoms with Crippen molar-refractivity contribution in [2.24, 2.45) is 0 Å². The minimum atomic E-state index is -0.341. The Morgan fingerprint density at radius 3 is 2.48 bits per heavy atom. The van der Waals surface area contributed by atoms with Gasteiger partial charge in [0.25, 0.3) is 5.89 Å². The summed E-state index contributed by atoms with van der Waals surface area (Å²) in [5.41, 5.74) is 3.06. The van der Waals surface area contributed by atoms with E-state index in [1.807, 2.05) is 24.3 Å². The average molecular weight is 419 g/mol. The Morgan fingerprint density at radius 1 is 1.10 bits per heavy atom. The zero-order chi connectivity index (χ0) is 22.0. The maximum atomic E-state index is 13.1. The standard InChI is InChI=1S/C23H22FN5O2/c1-14(2)16-6-10-19(11-7-16)26-21(30)13-29-12-20(25-15(29)3)22-27-23(31-28-22)17-4-8-18(24)9-5-17/h4-12,14H,13H2,1-3H3,(H,26,30). The largest absolute Gasteiger partial charge is 0.334 e. The highest BCUT2D eigenvalue weighted by Gasteiger charge is 2.16. The van der Waals surface area contributed by atoms with E-state index < -0.39 is 0 Å². The molecule has 0 spiro atoms. The summed E-state index contributed by atoms with van der Waals surface area (Å²) in [6.07, 6.45) is 1.70. The van der Waals surface area contributed by atoms with Crippen molar-refractivity contribution in [3.8, 4) is 23.0 Å². The molecule has 0 aliphatic heterocycles. The fourth-order valence-corrected chi connectivity index (χ4v) is 3.12. The van der Waals surface area contributed by atoms with Crippen LogP contribution in [0.3, 0.4) is 0 Å². The number of anilines is 1. The Kier molecular flexibility index (Phi) is 5.62. The van der Waals surface area contributed by atoms with Crippen molar-refractivity contribution in [1.29, 1.82) is 0 Å². The molecular weight excluding hydrogens is 397 g/mol. The van der Waals surface area contributed by atoms with Crippen LogP contribution in [0.1, 0.15) is 31.2 Å². The van der Waals surface area contributed by atoms with Crippen molar-refractivity contribution >= 4 is 11.6 Å². The third kappa shape index (κ3) is 4.69. The van der Waals surface area contributed by atoms with Crippen molar-refractivity contribution in [3.05, 3.63) is 71.9 Å². The monoisotopic (exact) mass is 419 g/mol. The van der Waals surface area contributed by atoms with Gasteiger partial charge in [0.2, 0.25) is 11.7 Å². The van der Waals surface area contributed by atoms with E-state index in [1.54, 1.807) is 29.8 Å². The number of aromatic nitrogens is 4. The topological polar surface area (TPSA) is 85.8 Å². The number of hydrogen-bond acceptors (Lipinski definition) is 5. The maximum absolute atomic E-state index is 13.1. The summed E-state index contributed by atoms with van der Waals surface area (Å²) in [4.78, 5) is 21.2. The van der Waals surface area contributed by atoms with E-state index in [2.05, 4.69) is 34.3 Å². The van der Waals surface area contributed by atoms with Gasteiger partial charge in [-0.25, -0.2) is 9.37 Å². The van der Waals surface area contributed by atoms with Gasteiger partial charge in [-0.1, -0.05) is 31.1 Å². The minimum Gasteiger partial charge on any atom is -0.334 e. The molecule has 7 nitrogen and oxygen atoms in total. The van der Waals surface area contributed by atoms with Crippen LogP contribution in [-0.4, -0.2) is 25.6 Å². The highest BCUT2D eigenvalue weighted by molar-refractivity contribution is 5.90. The van der Waals surface area contributed by atoms with Gasteiger partial charge < -0.3 is 14.4 Å². The quantitative estimate of drug-likeness (QED) is 0.485. The van der Waals surface area contributed by atoms with Crippen LogP contribution in [0.2, 0.25) is 0 Å². The number of aryl methyl sites for hydroxylation is 1. The first-order valence-corrected chi connectivity index (χ1v) is 9.92. The third-order valence-electron chi connectivity index (χ3n) is 4.90. The van der Waals surface area contributed by atoms with Crippen LogP contribution >= 0.6 is 0 Å². The molecule has 0 aliphatic rings. The number of amides is 1.